The van der Waals surface area contributed by atoms with Crippen LogP contribution in [-0.4, -0.2) is 32.0 Å². The average Bonchev–Trinajstić information content (AvgIpc) is 2.88. The van der Waals surface area contributed by atoms with Gasteiger partial charge in [-0.15, -0.1) is 5.10 Å². The maximum atomic E-state index is 12.5. The smallest absolute Gasteiger partial charge is 0.309 e. The van der Waals surface area contributed by atoms with Crippen LogP contribution in [0, 0.1) is 20.8 Å². The molecule has 0 aliphatic rings. The summed E-state index contributed by atoms with van der Waals surface area (Å²) in [5.41, 5.74) is 4.25. The quantitative estimate of drug-likeness (QED) is 0.879. The fourth-order valence-electron chi connectivity index (χ4n) is 2.59. The average molecular weight is 316 g/mol. The molecule has 0 saturated carbocycles. The lowest BCUT2D eigenvalue weighted by Crippen LogP contribution is -2.27. The zero-order chi connectivity index (χ0) is 17.1. The topological polar surface area (TPSA) is 97.1 Å². The van der Waals surface area contributed by atoms with Gasteiger partial charge in [0.15, 0.2) is 0 Å². The molecule has 1 aromatic carbocycles. The molecule has 1 unspecified atom stereocenters. The lowest BCUT2D eigenvalue weighted by Gasteiger charge is -2.17. The summed E-state index contributed by atoms with van der Waals surface area (Å²) in [6.07, 6.45) is 1.13. The lowest BCUT2D eigenvalue weighted by molar-refractivity contribution is -0.136. The molecule has 23 heavy (non-hydrogen) atoms. The molecule has 2 aromatic rings. The summed E-state index contributed by atoms with van der Waals surface area (Å²) in [6.45, 7) is 7.53. The Labute approximate surface area is 134 Å². The molecular weight excluding hydrogens is 296 g/mol. The number of benzene rings is 1. The highest BCUT2D eigenvalue weighted by molar-refractivity contribution is 5.95. The molecule has 0 radical (unpaired) electrons. The largest absolute Gasteiger partial charge is 0.481 e. The SMILES string of the molecule is Cc1cc(C)c(NC(=O)C(C)n2nncc2CC(=O)O)c(C)c1. The molecule has 0 aliphatic heterocycles. The summed E-state index contributed by atoms with van der Waals surface area (Å²) < 4.78 is 1.34. The molecule has 0 fully saturated rings. The van der Waals surface area contributed by atoms with E-state index in [1.807, 2.05) is 32.9 Å². The van der Waals surface area contributed by atoms with Crippen molar-refractivity contribution in [2.75, 3.05) is 5.32 Å². The fraction of sp³-hybridized carbons (Fsp3) is 0.375. The van der Waals surface area contributed by atoms with Crippen molar-refractivity contribution in [3.05, 3.63) is 40.7 Å². The van der Waals surface area contributed by atoms with Crippen LogP contribution in [0.4, 0.5) is 5.69 Å². The van der Waals surface area contributed by atoms with Crippen molar-refractivity contribution in [1.82, 2.24) is 15.0 Å². The number of nitrogens with one attached hydrogen (secondary N) is 1. The van der Waals surface area contributed by atoms with Gasteiger partial charge in [-0.3, -0.25) is 9.59 Å². The van der Waals surface area contributed by atoms with E-state index in [0.29, 0.717) is 5.69 Å². The third-order valence-electron chi connectivity index (χ3n) is 3.65. The van der Waals surface area contributed by atoms with Gasteiger partial charge in [0.1, 0.15) is 6.04 Å². The molecule has 0 spiro atoms. The number of aromatic nitrogens is 3. The molecule has 1 aromatic heterocycles. The van der Waals surface area contributed by atoms with E-state index >= 15 is 0 Å². The minimum absolute atomic E-state index is 0.229. The van der Waals surface area contributed by atoms with Crippen LogP contribution in [0.25, 0.3) is 0 Å². The summed E-state index contributed by atoms with van der Waals surface area (Å²) in [4.78, 5) is 23.3. The van der Waals surface area contributed by atoms with Crippen LogP contribution in [0.15, 0.2) is 18.3 Å². The predicted molar refractivity (Wildman–Crippen MR) is 85.4 cm³/mol. The van der Waals surface area contributed by atoms with Gasteiger partial charge < -0.3 is 10.4 Å². The standard InChI is InChI=1S/C16H20N4O3/c1-9-5-10(2)15(11(3)6-9)18-16(23)12(4)20-13(7-14(21)22)8-17-19-20/h5-6,8,12H,7H2,1-4H3,(H,18,23)(H,21,22). The highest BCUT2D eigenvalue weighted by Gasteiger charge is 2.21. The molecule has 0 saturated heterocycles. The number of hydrogen-bond donors (Lipinski definition) is 2. The first-order valence-corrected chi connectivity index (χ1v) is 7.29. The molecule has 2 rings (SSSR count). The number of rotatable bonds is 5. The first kappa shape index (κ1) is 16.7. The van der Waals surface area contributed by atoms with Crippen LogP contribution in [0.5, 0.6) is 0 Å². The third kappa shape index (κ3) is 3.74. The van der Waals surface area contributed by atoms with E-state index in [1.165, 1.54) is 10.9 Å². The third-order valence-corrected chi connectivity index (χ3v) is 3.65. The number of nitrogens with zero attached hydrogens (tertiary/aromatic N) is 3. The predicted octanol–water partition coefficient (Wildman–Crippen LogP) is 2.03. The molecule has 1 amide bonds. The van der Waals surface area contributed by atoms with Crippen molar-refractivity contribution in [2.24, 2.45) is 0 Å². The Balaban J connectivity index is 2.21. The highest BCUT2D eigenvalue weighted by Crippen LogP contribution is 2.23. The van der Waals surface area contributed by atoms with Gasteiger partial charge in [0.2, 0.25) is 5.91 Å². The van der Waals surface area contributed by atoms with Crippen molar-refractivity contribution in [2.45, 2.75) is 40.2 Å². The Bertz CT molecular complexity index is 729. The maximum absolute atomic E-state index is 12.5. The number of aryl methyl sites for hydroxylation is 3. The number of carboxylic acids is 1. The Morgan fingerprint density at radius 3 is 2.43 bits per heavy atom. The van der Waals surface area contributed by atoms with E-state index in [2.05, 4.69) is 15.6 Å². The number of aliphatic carboxylic acids is 1. The highest BCUT2D eigenvalue weighted by atomic mass is 16.4. The summed E-state index contributed by atoms with van der Waals surface area (Å²) in [6, 6.07) is 3.34. The number of carbonyl (C=O) groups excluding carboxylic acids is 1. The van der Waals surface area contributed by atoms with E-state index in [-0.39, 0.29) is 12.3 Å². The maximum Gasteiger partial charge on any atom is 0.309 e. The summed E-state index contributed by atoms with van der Waals surface area (Å²) >= 11 is 0. The van der Waals surface area contributed by atoms with Gasteiger partial charge in [-0.25, -0.2) is 4.68 Å². The minimum Gasteiger partial charge on any atom is -0.481 e. The Morgan fingerprint density at radius 1 is 1.26 bits per heavy atom. The van der Waals surface area contributed by atoms with Crippen LogP contribution in [0.2, 0.25) is 0 Å². The van der Waals surface area contributed by atoms with Crippen LogP contribution in [-0.2, 0) is 16.0 Å². The van der Waals surface area contributed by atoms with Crippen LogP contribution in [0.1, 0.15) is 35.3 Å². The van der Waals surface area contributed by atoms with E-state index in [1.54, 1.807) is 6.92 Å². The van der Waals surface area contributed by atoms with E-state index in [4.69, 9.17) is 5.11 Å². The molecule has 1 heterocycles. The van der Waals surface area contributed by atoms with Crippen LogP contribution >= 0.6 is 0 Å². The number of anilines is 1. The molecule has 1 atom stereocenters. The number of amides is 1. The van der Waals surface area contributed by atoms with E-state index < -0.39 is 12.0 Å². The van der Waals surface area contributed by atoms with Crippen LogP contribution in [0.3, 0.4) is 0 Å². The van der Waals surface area contributed by atoms with Gasteiger partial charge >= 0.3 is 5.97 Å². The van der Waals surface area contributed by atoms with Crippen molar-refractivity contribution in [1.29, 1.82) is 0 Å². The normalized spacial score (nSPS) is 12.0. The molecule has 0 bridgehead atoms. The Hall–Kier alpha value is -2.70. The Morgan fingerprint density at radius 2 is 1.87 bits per heavy atom. The second kappa shape index (κ2) is 6.60. The van der Waals surface area contributed by atoms with E-state index in [9.17, 15) is 9.59 Å². The molecule has 122 valence electrons. The first-order chi connectivity index (χ1) is 10.8. The van der Waals surface area contributed by atoms with Gasteiger partial charge in [-0.2, -0.15) is 0 Å². The number of carbonyl (C=O) groups is 2. The molecule has 2 N–H and O–H groups in total. The zero-order valence-corrected chi connectivity index (χ0v) is 13.6. The van der Waals surface area contributed by atoms with E-state index in [0.717, 1.165) is 22.4 Å². The lowest BCUT2D eigenvalue weighted by atomic mass is 10.0. The number of hydrogen-bond acceptors (Lipinski definition) is 4. The zero-order valence-electron chi connectivity index (χ0n) is 13.6. The second-order valence-electron chi connectivity index (χ2n) is 5.68. The molecule has 7 heteroatoms. The molecule has 7 nitrogen and oxygen atoms in total. The summed E-state index contributed by atoms with van der Waals surface area (Å²) in [5.74, 6) is -1.26. The van der Waals surface area contributed by atoms with Gasteiger partial charge in [0.05, 0.1) is 18.3 Å². The fourth-order valence-corrected chi connectivity index (χ4v) is 2.59. The monoisotopic (exact) mass is 316 g/mol. The van der Waals surface area contributed by atoms with Gasteiger partial charge in [0.25, 0.3) is 0 Å². The number of carboxylic acid groups (broad SMARTS) is 1. The van der Waals surface area contributed by atoms with Crippen LogP contribution < -0.4 is 5.32 Å². The van der Waals surface area contributed by atoms with Gasteiger partial charge in [0, 0.05) is 5.69 Å². The molecule has 0 aliphatic carbocycles. The summed E-state index contributed by atoms with van der Waals surface area (Å²) in [7, 11) is 0. The second-order valence-corrected chi connectivity index (χ2v) is 5.68. The minimum atomic E-state index is -0.994. The molecular formula is C16H20N4O3. The van der Waals surface area contributed by atoms with Crippen molar-refractivity contribution < 1.29 is 14.7 Å². The van der Waals surface area contributed by atoms with Crippen molar-refractivity contribution in [3.8, 4) is 0 Å². The van der Waals surface area contributed by atoms with Crippen molar-refractivity contribution >= 4 is 17.6 Å². The van der Waals surface area contributed by atoms with Gasteiger partial charge in [-0.1, -0.05) is 22.9 Å². The Kier molecular flexibility index (Phi) is 4.78. The summed E-state index contributed by atoms with van der Waals surface area (Å²) in [5, 5.41) is 19.3. The van der Waals surface area contributed by atoms with Gasteiger partial charge in [-0.05, 0) is 38.8 Å². The first-order valence-electron chi connectivity index (χ1n) is 7.29. The van der Waals surface area contributed by atoms with Crippen molar-refractivity contribution in [3.63, 3.8) is 0 Å².